The molecule has 0 bridgehead atoms. The second-order valence-electron chi connectivity index (χ2n) is 42.5. The highest BCUT2D eigenvalue weighted by Gasteiger charge is 2.48. The van der Waals surface area contributed by atoms with Gasteiger partial charge in [0, 0.05) is 66.6 Å². The molecule has 0 spiro atoms. The number of ketones is 4. The number of aliphatic hydroxyl groups excluding tert-OH is 8. The van der Waals surface area contributed by atoms with Crippen molar-refractivity contribution in [1.29, 1.82) is 0 Å². The molecule has 0 aliphatic carbocycles. The number of aryl methyl sites for hydroxylation is 4. The Bertz CT molecular complexity index is 5060. The van der Waals surface area contributed by atoms with Crippen LogP contribution in [0.5, 0.6) is 0 Å². The van der Waals surface area contributed by atoms with E-state index in [1.54, 1.807) is 132 Å². The fourth-order valence-corrected chi connectivity index (χ4v) is 19.9. The molecule has 24 atom stereocenters. The third-order valence-electron chi connectivity index (χ3n) is 28.2. The van der Waals surface area contributed by atoms with Crippen LogP contribution < -0.4 is 0 Å². The van der Waals surface area contributed by atoms with Crippen LogP contribution in [0.25, 0.3) is 28.4 Å². The van der Waals surface area contributed by atoms with Crippen LogP contribution in [0.4, 0.5) is 0 Å². The third kappa shape index (κ3) is 34.4. The molecule has 5 aromatic rings. The molecule has 4 aliphatic heterocycles. The molecule has 9 rings (SSSR count). The van der Waals surface area contributed by atoms with Crippen LogP contribution in [0, 0.1) is 120 Å². The molecule has 28 heteroatoms. The van der Waals surface area contributed by atoms with Gasteiger partial charge in [0.1, 0.15) is 71.5 Å². The smallest absolute Gasteiger partial charge is 0.309 e. The number of allylic oxidation sites excluding steroid dienone is 12. The first-order valence-corrected chi connectivity index (χ1v) is 51.2. The van der Waals surface area contributed by atoms with Gasteiger partial charge >= 0.3 is 23.9 Å². The summed E-state index contributed by atoms with van der Waals surface area (Å²) in [5.74, 6) is -6.34. The van der Waals surface area contributed by atoms with Crippen molar-refractivity contribution in [2.75, 3.05) is 0 Å². The molecular formula is C113H162N4O22S2. The third-order valence-corrected chi connectivity index (χ3v) is 29.9. The lowest BCUT2D eigenvalue weighted by Gasteiger charge is -2.34. The summed E-state index contributed by atoms with van der Waals surface area (Å²) >= 11 is 3.17. The molecule has 8 N–H and O–H groups in total. The van der Waals surface area contributed by atoms with Gasteiger partial charge in [-0.3, -0.25) is 38.4 Å². The summed E-state index contributed by atoms with van der Waals surface area (Å²) in [7, 11) is 0. The van der Waals surface area contributed by atoms with E-state index in [2.05, 4.69) is 32.1 Å². The summed E-state index contributed by atoms with van der Waals surface area (Å²) in [6, 6.07) is 5.91. The number of Topliss-reactive ketones (excluding diaryl/α,β-unsaturated/α-hetero) is 4. The average Bonchev–Trinajstić information content (AvgIpc) is 1.80. The monoisotopic (exact) mass is 1990 g/mol. The van der Waals surface area contributed by atoms with Crippen molar-refractivity contribution < 1.29 is 107 Å². The van der Waals surface area contributed by atoms with Gasteiger partial charge in [-0.05, 0) is 164 Å². The van der Waals surface area contributed by atoms with Crippen LogP contribution in [0.2, 0.25) is 0 Å². The van der Waals surface area contributed by atoms with Crippen LogP contribution in [0.3, 0.4) is 0 Å². The van der Waals surface area contributed by atoms with E-state index in [0.717, 1.165) is 70.5 Å². The zero-order chi connectivity index (χ0) is 106. The lowest BCUT2D eigenvalue weighted by Crippen LogP contribution is -2.45. The number of hydrogen-bond acceptors (Lipinski definition) is 28. The number of aliphatic hydroxyl groups is 8. The second kappa shape index (κ2) is 53.4. The number of oxazole rings is 2. The van der Waals surface area contributed by atoms with Crippen LogP contribution >= 0.6 is 22.7 Å². The first-order valence-electron chi connectivity index (χ1n) is 49.5. The zero-order valence-electron chi connectivity index (χ0n) is 89.0. The zero-order valence-corrected chi connectivity index (χ0v) is 90.7. The van der Waals surface area contributed by atoms with Crippen LogP contribution in [0.15, 0.2) is 157 Å². The lowest BCUT2D eigenvalue weighted by atomic mass is 9.73. The molecule has 26 nitrogen and oxygen atoms in total. The highest BCUT2D eigenvalue weighted by atomic mass is 32.1. The molecular weight excluding hydrogens is 1830 g/mol. The van der Waals surface area contributed by atoms with Gasteiger partial charge in [0.05, 0.1) is 122 Å². The van der Waals surface area contributed by atoms with Crippen molar-refractivity contribution in [3.63, 3.8) is 0 Å². The Labute approximate surface area is 844 Å². The Morgan fingerprint density at radius 2 is 0.652 bits per heavy atom. The number of ether oxygens (including phenoxy) is 4. The summed E-state index contributed by atoms with van der Waals surface area (Å²) in [5.41, 5.74) is 5.27. The molecule has 4 aliphatic rings. The van der Waals surface area contributed by atoms with E-state index in [-0.39, 0.29) is 96.2 Å². The topological polar surface area (TPSA) is 413 Å². The number of benzene rings is 1. The summed E-state index contributed by atoms with van der Waals surface area (Å²) < 4.78 is 35.2. The van der Waals surface area contributed by atoms with Crippen molar-refractivity contribution in [2.45, 2.75) is 339 Å². The molecule has 4 aromatic heterocycles. The van der Waals surface area contributed by atoms with Crippen molar-refractivity contribution >= 4 is 98.1 Å². The highest BCUT2D eigenvalue weighted by Crippen LogP contribution is 2.41. The normalized spacial score (nSPS) is 33.9. The Kier molecular flexibility index (Phi) is 45.5. The minimum atomic E-state index is -1.25. The maximum atomic E-state index is 13.2. The van der Waals surface area contributed by atoms with E-state index in [0.29, 0.717) is 48.9 Å². The van der Waals surface area contributed by atoms with Crippen molar-refractivity contribution in [3.05, 3.63) is 192 Å². The largest absolute Gasteiger partial charge is 0.457 e. The van der Waals surface area contributed by atoms with Gasteiger partial charge in [-0.2, -0.15) is 0 Å². The molecule has 141 heavy (non-hydrogen) atoms. The van der Waals surface area contributed by atoms with E-state index < -0.39 is 142 Å². The van der Waals surface area contributed by atoms with E-state index in [4.69, 9.17) is 27.8 Å². The number of carbonyl (C=O) groups is 8. The summed E-state index contributed by atoms with van der Waals surface area (Å²) in [6.07, 6.45) is 23.1. The van der Waals surface area contributed by atoms with Gasteiger partial charge in [-0.15, -0.1) is 22.7 Å². The predicted octanol–water partition coefficient (Wildman–Crippen LogP) is 20.6. The number of esters is 4. The van der Waals surface area contributed by atoms with Gasteiger partial charge in [-0.25, -0.2) is 19.9 Å². The van der Waals surface area contributed by atoms with E-state index >= 15 is 0 Å². The molecule has 778 valence electrons. The molecule has 0 fully saturated rings. The van der Waals surface area contributed by atoms with E-state index in [1.807, 2.05) is 220 Å². The standard InChI is InChI=1S/C29H39NO5S.2C28H41NO6.C28H41NO5S/c1-16-9-8-10-17(2)26(33)19(4)28(34)29(6,7)24(31)15-25(32)35-27(18(3)13-16)21-11-12-23-22(14-21)30-20(5)36-23;2*1-16-10-9-11-17(2)25(32)20(5)27(33)28(7,8)23(30)14-24(31)35-26(18(3)12-16)19(4)13-22-15-34-21(6)29-22;1-16-10-9-11-17(2)25(32)20(5)27(33)28(7,8)23(30)14-24(31)34-26(18(3)12-16)19(4)13-22-15-35-21(6)29-22/h8-9,11-14,17-19,24,26-27,31,33H,10,15H2,1-7H3;3*9-10,12-13,15,17-18,20,23,25-26,30,32H,11,14H2,1-8H3/b9-8+,16-13-;3*10-9+,16-12-,19-13+/t17-,18-,19+,24-,26-,27-;3*17-,18-,20+,23-,25-,26-/m0000/s1. The number of nitrogens with zero attached hydrogens (tertiary/aromatic N) is 4. The number of fused-ring (bicyclic) bond motifs is 1. The summed E-state index contributed by atoms with van der Waals surface area (Å²) in [4.78, 5) is 122. The number of aromatic nitrogens is 4. The predicted molar refractivity (Wildman–Crippen MR) is 555 cm³/mol. The molecule has 0 unspecified atom stereocenters. The fraction of sp³-hybridized carbons (Fsp3) is 0.593. The first kappa shape index (κ1) is 120. The molecule has 1 aromatic carbocycles. The first-order chi connectivity index (χ1) is 65.5. The molecule has 8 heterocycles. The SMILES string of the molecule is CC1=C/[C@H](C)[C@@H](/C(C)=C/c2coc(C)n2)OC(=O)C[C@H](O)C(C)(C)C(=O)[C@H](C)[C@@H](O)[C@@H](C)C\C=C\1.CC1=C/[C@H](C)[C@@H](/C(C)=C/c2coc(C)n2)OC(=O)C[C@H](O)C(C)(C)C(=O)[C@H](C)[C@@H](O)[C@@H](C)C\C=C\1.CC1=C/[C@H](C)[C@@H](/C(C)=C/c2csc(C)n2)OC(=O)C[C@H](O)C(C)(C)C(=O)[C@H](C)[C@@H](O)[C@@H](C)C\C=C\1.CC1=C/[C@H](C)[C@@H](c2ccc3sc(C)nc3c2)OC(=O)C[C@H](O)C(C)(C)C(=O)[C@H](C)[C@@H](O)[C@@H](C)C\C=C\1. The second-order valence-corrected chi connectivity index (χ2v) is 44.8. The van der Waals surface area contributed by atoms with Crippen molar-refractivity contribution in [3.8, 4) is 0 Å². The number of hydrogen-bond donors (Lipinski definition) is 8. The number of carbonyl (C=O) groups excluding carboxylic acids is 8. The van der Waals surface area contributed by atoms with E-state index in [1.165, 1.54) is 0 Å². The van der Waals surface area contributed by atoms with Crippen molar-refractivity contribution in [2.24, 2.45) is 92.7 Å². The number of thiazole rings is 2. The number of rotatable bonds is 7. The van der Waals surface area contributed by atoms with E-state index in [9.17, 15) is 79.2 Å². The maximum Gasteiger partial charge on any atom is 0.309 e. The molecule has 0 saturated heterocycles. The maximum absolute atomic E-state index is 13.2. The average molecular weight is 1990 g/mol. The van der Waals surface area contributed by atoms with Crippen LogP contribution in [-0.4, -0.2) is 175 Å². The molecule has 0 saturated carbocycles. The highest BCUT2D eigenvalue weighted by molar-refractivity contribution is 7.18. The fourth-order valence-electron chi connectivity index (χ4n) is 18.5. The Morgan fingerprint density at radius 1 is 0.369 bits per heavy atom. The quantitative estimate of drug-likeness (QED) is 0.0554. The number of cyclic esters (lactones) is 4. The molecule has 0 amide bonds. The molecule has 0 radical (unpaired) electrons. The van der Waals surface area contributed by atoms with Gasteiger partial charge in [0.15, 0.2) is 11.8 Å². The van der Waals surface area contributed by atoms with Gasteiger partial charge in [-0.1, -0.05) is 240 Å². The minimum Gasteiger partial charge on any atom is -0.457 e. The minimum absolute atomic E-state index is 0.137. The Hall–Kier alpha value is -9.46. The Morgan fingerprint density at radius 3 is 0.929 bits per heavy atom. The summed E-state index contributed by atoms with van der Waals surface area (Å²) in [5, 5.41) is 90.5. The summed E-state index contributed by atoms with van der Waals surface area (Å²) in [6.45, 7) is 56.1. The Balaban J connectivity index is 0.000000288. The van der Waals surface area contributed by atoms with Crippen molar-refractivity contribution in [1.82, 2.24) is 19.9 Å². The van der Waals surface area contributed by atoms with Crippen LogP contribution in [0.1, 0.15) is 289 Å². The van der Waals surface area contributed by atoms with Gasteiger partial charge in [0.25, 0.3) is 0 Å². The van der Waals surface area contributed by atoms with Gasteiger partial charge in [0.2, 0.25) is 0 Å². The lowest BCUT2D eigenvalue weighted by molar-refractivity contribution is -0.158. The van der Waals surface area contributed by atoms with Gasteiger partial charge < -0.3 is 68.6 Å². The van der Waals surface area contributed by atoms with Crippen LogP contribution in [-0.2, 0) is 57.3 Å².